The molecule has 0 aliphatic carbocycles. The molecule has 0 aliphatic heterocycles. The zero-order valence-corrected chi connectivity index (χ0v) is 19.3. The van der Waals surface area contributed by atoms with Gasteiger partial charge in [0.1, 0.15) is 33.2 Å². The molecule has 0 saturated heterocycles. The molecule has 0 aromatic heterocycles. The van der Waals surface area contributed by atoms with E-state index in [9.17, 15) is 4.79 Å². The molecule has 0 saturated carbocycles. The molecule has 8 nitrogen and oxygen atoms in total. The summed E-state index contributed by atoms with van der Waals surface area (Å²) >= 11 is 0. The third-order valence-corrected chi connectivity index (χ3v) is 4.54. The fraction of sp³-hybridized carbons (Fsp3) is 0.333. The lowest BCUT2D eigenvalue weighted by atomic mass is 9.97. The van der Waals surface area contributed by atoms with E-state index in [1.54, 1.807) is 0 Å². The van der Waals surface area contributed by atoms with Gasteiger partial charge in [0.25, 0.3) is 0 Å². The van der Waals surface area contributed by atoms with Crippen LogP contribution >= 0.6 is 0 Å². The molecule has 0 N–H and O–H groups in total. The molecule has 0 fully saturated rings. The molecule has 170 valence electrons. The van der Waals surface area contributed by atoms with Gasteiger partial charge in [-0.15, -0.1) is 0 Å². The SMILES string of the molecule is CO/N=C(\C)COc1cccc(/C(C)=N/OCc2c(C)cccc2/C(=N\OC)C(C)=O)c1. The Morgan fingerprint density at radius 1 is 0.938 bits per heavy atom. The number of hydrogen-bond acceptors (Lipinski definition) is 8. The maximum Gasteiger partial charge on any atom is 0.182 e. The average Bonchev–Trinajstić information content (AvgIpc) is 2.77. The summed E-state index contributed by atoms with van der Waals surface area (Å²) in [7, 11) is 2.90. The molecular formula is C24H29N3O5. The largest absolute Gasteiger partial charge is 0.488 e. The van der Waals surface area contributed by atoms with Crippen LogP contribution < -0.4 is 4.74 Å². The van der Waals surface area contributed by atoms with Crippen molar-refractivity contribution >= 4 is 22.9 Å². The molecule has 0 unspecified atom stereocenters. The van der Waals surface area contributed by atoms with Crippen LogP contribution in [-0.2, 0) is 25.9 Å². The van der Waals surface area contributed by atoms with Crippen molar-refractivity contribution in [1.82, 2.24) is 0 Å². The van der Waals surface area contributed by atoms with E-state index in [2.05, 4.69) is 15.5 Å². The van der Waals surface area contributed by atoms with Gasteiger partial charge in [-0.25, -0.2) is 0 Å². The highest BCUT2D eigenvalue weighted by Gasteiger charge is 2.17. The van der Waals surface area contributed by atoms with Crippen LogP contribution in [0.25, 0.3) is 0 Å². The summed E-state index contributed by atoms with van der Waals surface area (Å²) in [6.07, 6.45) is 0. The molecule has 0 heterocycles. The van der Waals surface area contributed by atoms with Gasteiger partial charge in [-0.2, -0.15) is 0 Å². The Hall–Kier alpha value is -3.68. The van der Waals surface area contributed by atoms with Gasteiger partial charge in [0.2, 0.25) is 0 Å². The van der Waals surface area contributed by atoms with Gasteiger partial charge < -0.3 is 19.2 Å². The van der Waals surface area contributed by atoms with Crippen LogP contribution in [0.2, 0.25) is 0 Å². The first-order valence-electron chi connectivity index (χ1n) is 10.0. The lowest BCUT2D eigenvalue weighted by Gasteiger charge is -2.12. The second-order valence-corrected chi connectivity index (χ2v) is 7.06. The summed E-state index contributed by atoms with van der Waals surface area (Å²) in [6.45, 7) is 7.56. The van der Waals surface area contributed by atoms with Crippen molar-refractivity contribution in [3.63, 3.8) is 0 Å². The van der Waals surface area contributed by atoms with E-state index in [1.807, 2.05) is 63.2 Å². The Bertz CT molecular complexity index is 1030. The summed E-state index contributed by atoms with van der Waals surface area (Å²) in [5.41, 5.74) is 4.96. The number of oxime groups is 3. The number of carbonyl (C=O) groups is 1. The van der Waals surface area contributed by atoms with Crippen molar-refractivity contribution < 1.29 is 24.0 Å². The Morgan fingerprint density at radius 3 is 2.34 bits per heavy atom. The highest BCUT2D eigenvalue weighted by molar-refractivity contribution is 6.45. The Labute approximate surface area is 188 Å². The molecule has 0 spiro atoms. The predicted octanol–water partition coefficient (Wildman–Crippen LogP) is 4.28. The average molecular weight is 440 g/mol. The number of ether oxygens (including phenoxy) is 1. The van der Waals surface area contributed by atoms with E-state index in [-0.39, 0.29) is 18.1 Å². The third-order valence-electron chi connectivity index (χ3n) is 4.54. The topological polar surface area (TPSA) is 91.1 Å². The Kier molecular flexibility index (Phi) is 9.41. The van der Waals surface area contributed by atoms with Gasteiger partial charge in [0.15, 0.2) is 11.5 Å². The van der Waals surface area contributed by atoms with Crippen molar-refractivity contribution in [1.29, 1.82) is 0 Å². The maximum atomic E-state index is 12.0. The fourth-order valence-electron chi connectivity index (χ4n) is 2.94. The predicted molar refractivity (Wildman–Crippen MR) is 124 cm³/mol. The first kappa shape index (κ1) is 24.6. The van der Waals surface area contributed by atoms with Crippen LogP contribution in [-0.4, -0.2) is 43.7 Å². The normalized spacial score (nSPS) is 12.4. The van der Waals surface area contributed by atoms with Gasteiger partial charge in [-0.3, -0.25) is 4.79 Å². The van der Waals surface area contributed by atoms with Crippen LogP contribution in [0, 0.1) is 6.92 Å². The minimum atomic E-state index is -0.194. The molecule has 2 aromatic rings. The van der Waals surface area contributed by atoms with Crippen LogP contribution in [0.1, 0.15) is 43.0 Å². The van der Waals surface area contributed by atoms with Crippen LogP contribution in [0.4, 0.5) is 0 Å². The van der Waals surface area contributed by atoms with Crippen molar-refractivity contribution in [2.24, 2.45) is 15.5 Å². The van der Waals surface area contributed by atoms with Crippen molar-refractivity contribution in [2.75, 3.05) is 20.8 Å². The zero-order chi connectivity index (χ0) is 23.5. The number of aryl methyl sites for hydroxylation is 1. The highest BCUT2D eigenvalue weighted by Crippen LogP contribution is 2.19. The summed E-state index contributed by atoms with van der Waals surface area (Å²) in [5, 5.41) is 12.0. The molecule has 0 amide bonds. The second kappa shape index (κ2) is 12.2. The van der Waals surface area contributed by atoms with Gasteiger partial charge in [-0.05, 0) is 38.5 Å². The summed E-state index contributed by atoms with van der Waals surface area (Å²) in [6, 6.07) is 13.2. The molecule has 0 radical (unpaired) electrons. The molecule has 0 aliphatic rings. The molecule has 32 heavy (non-hydrogen) atoms. The van der Waals surface area contributed by atoms with Crippen LogP contribution in [0.3, 0.4) is 0 Å². The number of hydrogen-bond donors (Lipinski definition) is 0. The number of rotatable bonds is 11. The van der Waals surface area contributed by atoms with Gasteiger partial charge >= 0.3 is 0 Å². The Balaban J connectivity index is 2.15. The van der Waals surface area contributed by atoms with Crippen molar-refractivity contribution in [3.8, 4) is 5.75 Å². The van der Waals surface area contributed by atoms with E-state index in [0.717, 1.165) is 22.4 Å². The minimum Gasteiger partial charge on any atom is -0.488 e. The minimum absolute atomic E-state index is 0.179. The monoisotopic (exact) mass is 439 g/mol. The first-order chi connectivity index (χ1) is 15.4. The fourth-order valence-corrected chi connectivity index (χ4v) is 2.94. The quantitative estimate of drug-likeness (QED) is 0.385. The van der Waals surface area contributed by atoms with E-state index < -0.39 is 0 Å². The van der Waals surface area contributed by atoms with Crippen molar-refractivity contribution in [3.05, 3.63) is 64.7 Å². The van der Waals surface area contributed by atoms with Crippen LogP contribution in [0.5, 0.6) is 5.75 Å². The molecule has 8 heteroatoms. The summed E-state index contributed by atoms with van der Waals surface area (Å²) in [5.74, 6) is 0.492. The van der Waals surface area contributed by atoms with E-state index in [1.165, 1.54) is 21.1 Å². The van der Waals surface area contributed by atoms with E-state index >= 15 is 0 Å². The molecule has 0 bridgehead atoms. The summed E-state index contributed by atoms with van der Waals surface area (Å²) < 4.78 is 5.72. The van der Waals surface area contributed by atoms with E-state index in [4.69, 9.17) is 19.2 Å². The maximum absolute atomic E-state index is 12.0. The zero-order valence-electron chi connectivity index (χ0n) is 19.3. The number of Topliss-reactive ketones (excluding diaryl/α,β-unsaturated/α-hetero) is 1. The summed E-state index contributed by atoms with van der Waals surface area (Å²) in [4.78, 5) is 27.2. The first-order valence-corrected chi connectivity index (χ1v) is 10.0. The molecular weight excluding hydrogens is 410 g/mol. The number of ketones is 1. The second-order valence-electron chi connectivity index (χ2n) is 7.06. The standard InChI is InChI=1S/C24H29N3O5/c1-16-9-7-12-22(24(19(4)28)27-30-6)23(16)15-32-26-18(3)20-10-8-11-21(13-20)31-14-17(2)25-29-5/h7-13H,14-15H2,1-6H3/b25-17+,26-18+,27-24-. The van der Waals surface area contributed by atoms with Crippen molar-refractivity contribution in [2.45, 2.75) is 34.3 Å². The number of carbonyl (C=O) groups excluding carboxylic acids is 1. The Morgan fingerprint density at radius 2 is 1.66 bits per heavy atom. The van der Waals surface area contributed by atoms with Gasteiger partial charge in [0, 0.05) is 23.6 Å². The third kappa shape index (κ3) is 6.94. The van der Waals surface area contributed by atoms with Gasteiger partial charge in [-0.1, -0.05) is 45.8 Å². The van der Waals surface area contributed by atoms with Crippen LogP contribution in [0.15, 0.2) is 57.9 Å². The lowest BCUT2D eigenvalue weighted by molar-refractivity contribution is -0.111. The van der Waals surface area contributed by atoms with Gasteiger partial charge in [0.05, 0.1) is 11.4 Å². The number of benzene rings is 2. The smallest absolute Gasteiger partial charge is 0.182 e. The number of nitrogens with zero attached hydrogens (tertiary/aromatic N) is 3. The molecule has 0 atom stereocenters. The molecule has 2 rings (SSSR count). The molecule has 2 aromatic carbocycles. The lowest BCUT2D eigenvalue weighted by Crippen LogP contribution is -2.15. The van der Waals surface area contributed by atoms with E-state index in [0.29, 0.717) is 23.6 Å². The highest BCUT2D eigenvalue weighted by atomic mass is 16.6.